The molecule has 0 radical (unpaired) electrons. The van der Waals surface area contributed by atoms with Crippen molar-refractivity contribution in [2.75, 3.05) is 6.61 Å². The Balaban J connectivity index is 0.00000220. The van der Waals surface area contributed by atoms with E-state index in [1.54, 1.807) is 0 Å². The lowest BCUT2D eigenvalue weighted by molar-refractivity contribution is 0.0691. The molecule has 0 fully saturated rings. The summed E-state index contributed by atoms with van der Waals surface area (Å²) in [6.07, 6.45) is 3.43. The average Bonchev–Trinajstić information content (AvgIpc) is 2.46. The number of aromatic carboxylic acids is 1. The second-order valence-corrected chi connectivity index (χ2v) is 4.44. The molecule has 0 bridgehead atoms. The molecule has 120 valence electrons. The van der Waals surface area contributed by atoms with Gasteiger partial charge in [-0.2, -0.15) is 0 Å². The lowest BCUT2D eigenvalue weighted by atomic mass is 10.1. The molecule has 1 aromatic heterocycles. The summed E-state index contributed by atoms with van der Waals surface area (Å²) in [5.41, 5.74) is 7.15. The number of hydrogen-bond acceptors (Lipinski definition) is 4. The first-order valence-corrected chi connectivity index (χ1v) is 6.26. The summed E-state index contributed by atoms with van der Waals surface area (Å²) in [4.78, 5) is 14.8. The van der Waals surface area contributed by atoms with Crippen LogP contribution in [0.15, 0.2) is 48.8 Å². The van der Waals surface area contributed by atoms with E-state index >= 15 is 0 Å². The number of ether oxygens (including phenoxy) is 1. The molecule has 0 amide bonds. The molecule has 0 unspecified atom stereocenters. The minimum atomic E-state index is -1.07. The van der Waals surface area contributed by atoms with Gasteiger partial charge in [0.25, 0.3) is 0 Å². The first-order valence-electron chi connectivity index (χ1n) is 6.26. The van der Waals surface area contributed by atoms with Crippen molar-refractivity contribution in [3.05, 3.63) is 59.9 Å². The monoisotopic (exact) mass is 344 g/mol. The van der Waals surface area contributed by atoms with Crippen LogP contribution < -0.4 is 10.5 Å². The van der Waals surface area contributed by atoms with Gasteiger partial charge in [-0.3, -0.25) is 4.98 Å². The van der Waals surface area contributed by atoms with Crippen LogP contribution in [0.1, 0.15) is 15.9 Å². The number of carboxylic acids is 1. The number of halogens is 2. The van der Waals surface area contributed by atoms with Gasteiger partial charge in [-0.15, -0.1) is 24.8 Å². The van der Waals surface area contributed by atoms with Crippen molar-refractivity contribution >= 4 is 30.8 Å². The van der Waals surface area contributed by atoms with E-state index in [0.29, 0.717) is 6.42 Å². The highest BCUT2D eigenvalue weighted by Gasteiger charge is 2.12. The van der Waals surface area contributed by atoms with E-state index in [1.807, 2.05) is 30.3 Å². The maximum atomic E-state index is 11.0. The van der Waals surface area contributed by atoms with Crippen molar-refractivity contribution in [1.29, 1.82) is 0 Å². The molecule has 0 aliphatic heterocycles. The molecule has 22 heavy (non-hydrogen) atoms. The third-order valence-corrected chi connectivity index (χ3v) is 2.81. The molecule has 0 aliphatic carbocycles. The molecular formula is C15H18Cl2N2O3. The standard InChI is InChI=1S/C15H16N2O3.2ClH/c16-12(8-11-4-2-1-3-5-11)10-20-14-6-7-17-9-13(14)15(18)19;;/h1-7,9,12H,8,10,16H2,(H,18,19);2*1H/t12-;;/m1../s1. The predicted octanol–water partition coefficient (Wildman–Crippen LogP) is 2.57. The van der Waals surface area contributed by atoms with E-state index in [4.69, 9.17) is 15.6 Å². The van der Waals surface area contributed by atoms with Gasteiger partial charge < -0.3 is 15.6 Å². The number of carboxylic acid groups (broad SMARTS) is 1. The van der Waals surface area contributed by atoms with Crippen molar-refractivity contribution in [2.45, 2.75) is 12.5 Å². The number of hydrogen-bond donors (Lipinski definition) is 2. The van der Waals surface area contributed by atoms with Gasteiger partial charge in [0.15, 0.2) is 0 Å². The van der Waals surface area contributed by atoms with Gasteiger partial charge in [-0.05, 0) is 18.1 Å². The largest absolute Gasteiger partial charge is 0.491 e. The summed E-state index contributed by atoms with van der Waals surface area (Å²) in [5, 5.41) is 9.01. The maximum absolute atomic E-state index is 11.0. The fourth-order valence-electron chi connectivity index (χ4n) is 1.84. The van der Waals surface area contributed by atoms with Crippen molar-refractivity contribution in [3.63, 3.8) is 0 Å². The SMILES string of the molecule is Cl.Cl.N[C@@H](COc1ccncc1C(=O)O)Cc1ccccc1. The first kappa shape index (κ1) is 20.2. The fourth-order valence-corrected chi connectivity index (χ4v) is 1.84. The Morgan fingerprint density at radius 3 is 2.55 bits per heavy atom. The van der Waals surface area contributed by atoms with Crippen LogP contribution in [0.4, 0.5) is 0 Å². The van der Waals surface area contributed by atoms with Crippen LogP contribution in [0.5, 0.6) is 5.75 Å². The molecular weight excluding hydrogens is 327 g/mol. The fraction of sp³-hybridized carbons (Fsp3) is 0.200. The average molecular weight is 345 g/mol. The molecule has 2 rings (SSSR count). The summed E-state index contributed by atoms with van der Waals surface area (Å²) >= 11 is 0. The van der Waals surface area contributed by atoms with Crippen molar-refractivity contribution in [3.8, 4) is 5.75 Å². The highest BCUT2D eigenvalue weighted by molar-refractivity contribution is 5.90. The third kappa shape index (κ3) is 5.89. The molecule has 0 aliphatic rings. The topological polar surface area (TPSA) is 85.4 Å². The Kier molecular flexibility index (Phi) is 9.17. The number of nitrogens with zero attached hydrogens (tertiary/aromatic N) is 1. The van der Waals surface area contributed by atoms with Gasteiger partial charge in [-0.1, -0.05) is 30.3 Å². The van der Waals surface area contributed by atoms with Crippen LogP contribution in [-0.2, 0) is 6.42 Å². The maximum Gasteiger partial charge on any atom is 0.341 e. The van der Waals surface area contributed by atoms with Crippen LogP contribution in [0.3, 0.4) is 0 Å². The number of aromatic nitrogens is 1. The second-order valence-electron chi connectivity index (χ2n) is 4.44. The van der Waals surface area contributed by atoms with Gasteiger partial charge in [0.1, 0.15) is 17.9 Å². The number of rotatable bonds is 6. The molecule has 0 saturated carbocycles. The lowest BCUT2D eigenvalue weighted by Crippen LogP contribution is -2.30. The Morgan fingerprint density at radius 1 is 1.23 bits per heavy atom. The first-order chi connectivity index (χ1) is 9.66. The minimum absolute atomic E-state index is 0. The number of nitrogens with two attached hydrogens (primary N) is 1. The van der Waals surface area contributed by atoms with Crippen LogP contribution in [0.2, 0.25) is 0 Å². The summed E-state index contributed by atoms with van der Waals surface area (Å²) < 4.78 is 5.49. The molecule has 3 N–H and O–H groups in total. The van der Waals surface area contributed by atoms with Crippen LogP contribution in [-0.4, -0.2) is 28.7 Å². The zero-order valence-corrected chi connectivity index (χ0v) is 13.3. The smallest absolute Gasteiger partial charge is 0.341 e. The number of carbonyl (C=O) groups is 1. The summed E-state index contributed by atoms with van der Waals surface area (Å²) in [5.74, 6) is -0.777. The van der Waals surface area contributed by atoms with Crippen molar-refractivity contribution < 1.29 is 14.6 Å². The summed E-state index contributed by atoms with van der Waals surface area (Å²) in [6, 6.07) is 11.2. The molecule has 0 saturated heterocycles. The van der Waals surface area contributed by atoms with Gasteiger partial charge in [-0.25, -0.2) is 4.79 Å². The predicted molar refractivity (Wildman–Crippen MR) is 89.3 cm³/mol. The Bertz CT molecular complexity index is 582. The molecule has 7 heteroatoms. The quantitative estimate of drug-likeness (QED) is 0.840. The van der Waals surface area contributed by atoms with E-state index in [2.05, 4.69) is 4.98 Å². The molecule has 5 nitrogen and oxygen atoms in total. The minimum Gasteiger partial charge on any atom is -0.491 e. The van der Waals surface area contributed by atoms with Crippen molar-refractivity contribution in [2.24, 2.45) is 5.73 Å². The number of benzene rings is 1. The van der Waals surface area contributed by atoms with E-state index in [0.717, 1.165) is 5.56 Å². The second kappa shape index (κ2) is 10.00. The lowest BCUT2D eigenvalue weighted by Gasteiger charge is -2.14. The van der Waals surface area contributed by atoms with Crippen LogP contribution in [0, 0.1) is 0 Å². The molecule has 1 atom stereocenters. The van der Waals surface area contributed by atoms with Crippen LogP contribution in [0.25, 0.3) is 0 Å². The highest BCUT2D eigenvalue weighted by Crippen LogP contribution is 2.16. The van der Waals surface area contributed by atoms with Gasteiger partial charge >= 0.3 is 5.97 Å². The molecule has 0 spiro atoms. The Morgan fingerprint density at radius 2 is 1.91 bits per heavy atom. The summed E-state index contributed by atoms with van der Waals surface area (Å²) in [7, 11) is 0. The molecule has 2 aromatic rings. The van der Waals surface area contributed by atoms with E-state index < -0.39 is 5.97 Å². The summed E-state index contributed by atoms with van der Waals surface area (Å²) in [6.45, 7) is 0.249. The third-order valence-electron chi connectivity index (χ3n) is 2.81. The zero-order chi connectivity index (χ0) is 14.4. The van der Waals surface area contributed by atoms with Gasteiger partial charge in [0, 0.05) is 18.4 Å². The number of pyridine rings is 1. The van der Waals surface area contributed by atoms with E-state index in [9.17, 15) is 4.79 Å². The molecule has 1 aromatic carbocycles. The highest BCUT2D eigenvalue weighted by atomic mass is 35.5. The normalized spacial score (nSPS) is 10.8. The Hall–Kier alpha value is -1.82. The Labute approximate surface area is 141 Å². The van der Waals surface area contributed by atoms with Gasteiger partial charge in [0.2, 0.25) is 0 Å². The zero-order valence-electron chi connectivity index (χ0n) is 11.7. The molecule has 1 heterocycles. The van der Waals surface area contributed by atoms with E-state index in [-0.39, 0.29) is 48.8 Å². The van der Waals surface area contributed by atoms with Crippen molar-refractivity contribution in [1.82, 2.24) is 4.98 Å². The van der Waals surface area contributed by atoms with Gasteiger partial charge in [0.05, 0.1) is 0 Å². The van der Waals surface area contributed by atoms with Crippen LogP contribution >= 0.6 is 24.8 Å². The van der Waals surface area contributed by atoms with E-state index in [1.165, 1.54) is 18.5 Å².